The number of carbonyl (C=O) groups excluding carboxylic acids is 1. The number of esters is 1. The second-order valence-corrected chi connectivity index (χ2v) is 8.84. The van der Waals surface area contributed by atoms with Crippen molar-refractivity contribution in [2.24, 2.45) is 0 Å². The molecule has 5 aromatic rings. The highest BCUT2D eigenvalue weighted by molar-refractivity contribution is 6.01. The van der Waals surface area contributed by atoms with E-state index in [-0.39, 0.29) is 5.97 Å². The molecule has 0 N–H and O–H groups in total. The van der Waals surface area contributed by atoms with Gasteiger partial charge in [-0.3, -0.25) is 4.98 Å². The van der Waals surface area contributed by atoms with Gasteiger partial charge < -0.3 is 18.6 Å². The van der Waals surface area contributed by atoms with Gasteiger partial charge in [0.25, 0.3) is 0 Å². The van der Waals surface area contributed by atoms with Gasteiger partial charge in [-0.05, 0) is 45.0 Å². The Morgan fingerprint density at radius 3 is 2.17 bits per heavy atom. The zero-order valence-electron chi connectivity index (χ0n) is 20.3. The van der Waals surface area contributed by atoms with Gasteiger partial charge in [-0.15, -0.1) is 0 Å². The van der Waals surface area contributed by atoms with Crippen LogP contribution >= 0.6 is 0 Å². The van der Waals surface area contributed by atoms with E-state index < -0.39 is 5.60 Å². The first kappa shape index (κ1) is 21.5. The lowest BCUT2D eigenvalue weighted by molar-refractivity contribution is 0.0242. The summed E-state index contributed by atoms with van der Waals surface area (Å²) in [5, 5.41) is 2.01. The predicted octanol–water partition coefficient (Wildman–Crippen LogP) is 5.81. The summed E-state index contributed by atoms with van der Waals surface area (Å²) in [5.74, 6) is 0.295. The Kier molecular flexibility index (Phi) is 4.74. The second-order valence-electron chi connectivity index (χ2n) is 8.84. The van der Waals surface area contributed by atoms with E-state index in [9.17, 15) is 4.79 Å². The molecule has 176 valence electrons. The van der Waals surface area contributed by atoms with Gasteiger partial charge in [0, 0.05) is 46.8 Å². The summed E-state index contributed by atoms with van der Waals surface area (Å²) in [4.78, 5) is 18.2. The monoisotopic (exact) mass is 465 g/mol. The van der Waals surface area contributed by atoms with Crippen LogP contribution in [0.25, 0.3) is 21.8 Å². The topological polar surface area (TPSA) is 58.3 Å². The van der Waals surface area contributed by atoms with Gasteiger partial charge in [0.05, 0.1) is 23.8 Å². The summed E-state index contributed by atoms with van der Waals surface area (Å²) < 4.78 is 17.0. The number of para-hydroxylation sites is 2. The smallest absolute Gasteiger partial charge is 0.341 e. The number of benzene rings is 2. The molecule has 0 spiro atoms. The molecule has 1 unspecified atom stereocenters. The summed E-state index contributed by atoms with van der Waals surface area (Å²) in [6, 6.07) is 20.1. The average Bonchev–Trinajstić information content (AvgIpc) is 3.48. The fourth-order valence-electron chi connectivity index (χ4n) is 5.99. The highest BCUT2D eigenvalue weighted by atomic mass is 16.6. The van der Waals surface area contributed by atoms with Gasteiger partial charge in [0.2, 0.25) is 11.5 Å². The van der Waals surface area contributed by atoms with Crippen molar-refractivity contribution >= 4 is 27.8 Å². The standard InChI is InChI=1S/C29H27N3O3/c1-5-31-18(3)24(19-12-7-9-15-22(19)31)29(26-21(28(33)35-29)14-11-17-30-26)25-20-13-8-10-16-23(20)32(6-2)27(25)34-4/h7-17H,5-6H2,1-4H3. The maximum atomic E-state index is 13.4. The molecule has 1 aliphatic rings. The molecule has 0 aliphatic carbocycles. The Balaban J connectivity index is 1.87. The lowest BCUT2D eigenvalue weighted by atomic mass is 9.80. The fraction of sp³-hybridized carbons (Fsp3) is 0.241. The normalized spacial score (nSPS) is 17.2. The number of carbonyl (C=O) groups is 1. The van der Waals surface area contributed by atoms with Crippen molar-refractivity contribution in [1.29, 1.82) is 0 Å². The third kappa shape index (κ3) is 2.65. The molecule has 3 aromatic heterocycles. The lowest BCUT2D eigenvalue weighted by Gasteiger charge is -2.30. The number of ether oxygens (including phenoxy) is 2. The van der Waals surface area contributed by atoms with Crippen LogP contribution in [-0.4, -0.2) is 27.2 Å². The van der Waals surface area contributed by atoms with Crippen LogP contribution in [0.1, 0.15) is 46.7 Å². The maximum absolute atomic E-state index is 13.4. The number of rotatable bonds is 5. The van der Waals surface area contributed by atoms with E-state index >= 15 is 0 Å². The first-order valence-electron chi connectivity index (χ1n) is 12.0. The molecule has 0 bridgehead atoms. The molecular weight excluding hydrogens is 438 g/mol. The highest BCUT2D eigenvalue weighted by Crippen LogP contribution is 2.55. The third-order valence-electron chi connectivity index (χ3n) is 7.29. The maximum Gasteiger partial charge on any atom is 0.341 e. The number of pyridine rings is 1. The molecule has 1 aliphatic heterocycles. The van der Waals surface area contributed by atoms with Gasteiger partial charge in [-0.1, -0.05) is 36.4 Å². The van der Waals surface area contributed by atoms with E-state index in [1.807, 2.05) is 24.3 Å². The van der Waals surface area contributed by atoms with Crippen molar-refractivity contribution in [3.63, 3.8) is 0 Å². The molecule has 2 aromatic carbocycles. The van der Waals surface area contributed by atoms with Gasteiger partial charge in [0.1, 0.15) is 5.69 Å². The summed E-state index contributed by atoms with van der Waals surface area (Å²) >= 11 is 0. The van der Waals surface area contributed by atoms with Crippen LogP contribution in [0.4, 0.5) is 0 Å². The van der Waals surface area contributed by atoms with Crippen molar-refractivity contribution in [1.82, 2.24) is 14.1 Å². The average molecular weight is 466 g/mol. The van der Waals surface area contributed by atoms with E-state index in [4.69, 9.17) is 14.5 Å². The summed E-state index contributed by atoms with van der Waals surface area (Å²) in [5.41, 5.74) is 4.72. The summed E-state index contributed by atoms with van der Waals surface area (Å²) in [6.45, 7) is 7.82. The molecule has 35 heavy (non-hydrogen) atoms. The number of nitrogens with zero attached hydrogens (tertiary/aromatic N) is 3. The fourth-order valence-corrected chi connectivity index (χ4v) is 5.99. The van der Waals surface area contributed by atoms with Gasteiger partial charge in [-0.25, -0.2) is 4.79 Å². The van der Waals surface area contributed by atoms with Crippen LogP contribution in [0, 0.1) is 6.92 Å². The zero-order valence-corrected chi connectivity index (χ0v) is 20.3. The van der Waals surface area contributed by atoms with Crippen molar-refractivity contribution in [2.45, 2.75) is 39.5 Å². The molecule has 0 amide bonds. The Morgan fingerprint density at radius 2 is 1.51 bits per heavy atom. The quantitative estimate of drug-likeness (QED) is 0.307. The third-order valence-corrected chi connectivity index (χ3v) is 7.29. The van der Waals surface area contributed by atoms with E-state index in [0.29, 0.717) is 23.7 Å². The van der Waals surface area contributed by atoms with Crippen LogP contribution in [0.2, 0.25) is 0 Å². The Labute approximate surface area is 203 Å². The van der Waals surface area contributed by atoms with Crippen LogP contribution in [0.15, 0.2) is 66.9 Å². The van der Waals surface area contributed by atoms with E-state index in [1.165, 1.54) is 0 Å². The van der Waals surface area contributed by atoms with E-state index in [0.717, 1.165) is 45.2 Å². The predicted molar refractivity (Wildman–Crippen MR) is 136 cm³/mol. The number of aryl methyl sites for hydroxylation is 2. The largest absolute Gasteiger partial charge is 0.482 e. The highest BCUT2D eigenvalue weighted by Gasteiger charge is 2.55. The Bertz CT molecular complexity index is 1630. The van der Waals surface area contributed by atoms with Crippen molar-refractivity contribution in [2.75, 3.05) is 7.11 Å². The SMILES string of the molecule is CCn1c(C)c(C2(c3c(OC)n(CC)c4ccccc34)OC(=O)c3cccnc32)c2ccccc21. The minimum absolute atomic E-state index is 0.379. The number of aromatic nitrogens is 3. The molecule has 0 fully saturated rings. The molecular formula is C29H27N3O3. The molecule has 0 saturated carbocycles. The van der Waals surface area contributed by atoms with Crippen LogP contribution < -0.4 is 4.74 Å². The van der Waals surface area contributed by atoms with Crippen molar-refractivity contribution in [3.8, 4) is 5.88 Å². The summed E-state index contributed by atoms with van der Waals surface area (Å²) in [7, 11) is 1.68. The number of cyclic esters (lactones) is 1. The molecule has 1 atom stereocenters. The molecule has 6 rings (SSSR count). The van der Waals surface area contributed by atoms with Crippen LogP contribution in [0.3, 0.4) is 0 Å². The van der Waals surface area contributed by atoms with E-state index in [1.54, 1.807) is 25.4 Å². The molecule has 0 saturated heterocycles. The van der Waals surface area contributed by atoms with Gasteiger partial charge in [0.15, 0.2) is 0 Å². The number of hydrogen-bond donors (Lipinski definition) is 0. The minimum Gasteiger partial charge on any atom is -0.482 e. The molecule has 6 heteroatoms. The number of methoxy groups -OCH3 is 1. The molecule has 6 nitrogen and oxygen atoms in total. The molecule has 0 radical (unpaired) electrons. The first-order chi connectivity index (χ1) is 17.1. The van der Waals surface area contributed by atoms with Crippen molar-refractivity contribution < 1.29 is 14.3 Å². The van der Waals surface area contributed by atoms with Crippen LogP contribution in [-0.2, 0) is 23.4 Å². The molecule has 4 heterocycles. The summed E-state index contributed by atoms with van der Waals surface area (Å²) in [6.07, 6.45) is 1.73. The number of hydrogen-bond acceptors (Lipinski definition) is 4. The lowest BCUT2D eigenvalue weighted by Crippen LogP contribution is -2.32. The number of fused-ring (bicyclic) bond motifs is 3. The Morgan fingerprint density at radius 1 is 0.886 bits per heavy atom. The Hall–Kier alpha value is -4.06. The van der Waals surface area contributed by atoms with Crippen molar-refractivity contribution in [3.05, 3.63) is 94.9 Å². The second kappa shape index (κ2) is 7.73. The van der Waals surface area contributed by atoms with E-state index in [2.05, 4.69) is 54.2 Å². The minimum atomic E-state index is -1.26. The first-order valence-corrected chi connectivity index (χ1v) is 12.0. The van der Waals surface area contributed by atoms with Gasteiger partial charge >= 0.3 is 5.97 Å². The van der Waals surface area contributed by atoms with Crippen LogP contribution in [0.5, 0.6) is 5.88 Å². The van der Waals surface area contributed by atoms with Gasteiger partial charge in [-0.2, -0.15) is 0 Å². The zero-order chi connectivity index (χ0) is 24.3.